The minimum Gasteiger partial charge on any atom is -0.365 e. The molecular formula is C17H32O2. The van der Waals surface area contributed by atoms with E-state index in [1.807, 2.05) is 0 Å². The van der Waals surface area contributed by atoms with Gasteiger partial charge in [-0.15, -0.1) is 0 Å². The zero-order chi connectivity index (χ0) is 13.4. The third-order valence-electron chi connectivity index (χ3n) is 5.02. The fraction of sp³-hybridized carbons (Fsp3) is 1.00. The molecule has 2 fully saturated rings. The second-order valence-electron chi connectivity index (χ2n) is 6.61. The summed E-state index contributed by atoms with van der Waals surface area (Å²) < 4.78 is 5.98. The Balaban J connectivity index is 1.95. The van der Waals surface area contributed by atoms with Gasteiger partial charge >= 0.3 is 0 Å². The first-order valence-electron chi connectivity index (χ1n) is 8.68. The van der Waals surface area contributed by atoms with Crippen LogP contribution in [0.4, 0.5) is 0 Å². The van der Waals surface area contributed by atoms with Crippen LogP contribution in [0.2, 0.25) is 0 Å². The van der Waals surface area contributed by atoms with E-state index in [9.17, 15) is 5.11 Å². The van der Waals surface area contributed by atoms with Crippen molar-refractivity contribution in [3.8, 4) is 0 Å². The first kappa shape index (κ1) is 15.3. The second kappa shape index (κ2) is 8.26. The van der Waals surface area contributed by atoms with Crippen molar-refractivity contribution >= 4 is 0 Å². The maximum Gasteiger partial charge on any atom is 0.168 e. The van der Waals surface area contributed by atoms with Gasteiger partial charge in [-0.05, 0) is 25.7 Å². The summed E-state index contributed by atoms with van der Waals surface area (Å²) in [5, 5.41) is 11.0. The lowest BCUT2D eigenvalue weighted by molar-refractivity contribution is -0.244. The lowest BCUT2D eigenvalue weighted by Crippen LogP contribution is -2.41. The van der Waals surface area contributed by atoms with E-state index in [0.29, 0.717) is 5.92 Å². The molecule has 0 aromatic heterocycles. The topological polar surface area (TPSA) is 29.5 Å². The molecule has 2 nitrogen and oxygen atoms in total. The van der Waals surface area contributed by atoms with Gasteiger partial charge in [0.15, 0.2) is 5.79 Å². The van der Waals surface area contributed by atoms with E-state index in [1.54, 1.807) is 0 Å². The van der Waals surface area contributed by atoms with Crippen LogP contribution in [-0.4, -0.2) is 17.5 Å². The number of rotatable bonds is 1. The molecule has 0 aromatic rings. The molecule has 1 aliphatic heterocycles. The van der Waals surface area contributed by atoms with Crippen molar-refractivity contribution in [1.29, 1.82) is 0 Å². The molecule has 1 atom stereocenters. The van der Waals surface area contributed by atoms with Crippen LogP contribution in [0.25, 0.3) is 0 Å². The molecule has 2 aliphatic rings. The molecule has 0 bridgehead atoms. The summed E-state index contributed by atoms with van der Waals surface area (Å²) in [6.07, 6.45) is 17.3. The standard InChI is InChI=1S/C17H32O2/c18-17(14-10-6-3-7-11-15-19-17)16-12-8-4-1-2-5-9-13-16/h16,18H,1-15H2. The highest BCUT2D eigenvalue weighted by atomic mass is 16.6. The van der Waals surface area contributed by atoms with Gasteiger partial charge in [0, 0.05) is 12.3 Å². The van der Waals surface area contributed by atoms with Gasteiger partial charge in [-0.25, -0.2) is 0 Å². The van der Waals surface area contributed by atoms with E-state index in [-0.39, 0.29) is 0 Å². The molecule has 0 amide bonds. The van der Waals surface area contributed by atoms with Crippen molar-refractivity contribution in [2.45, 2.75) is 95.7 Å². The van der Waals surface area contributed by atoms with Crippen molar-refractivity contribution in [1.82, 2.24) is 0 Å². The van der Waals surface area contributed by atoms with Crippen molar-refractivity contribution in [2.24, 2.45) is 5.92 Å². The first-order chi connectivity index (χ1) is 9.31. The van der Waals surface area contributed by atoms with Crippen LogP contribution in [-0.2, 0) is 4.74 Å². The summed E-state index contributed by atoms with van der Waals surface area (Å²) in [4.78, 5) is 0. The van der Waals surface area contributed by atoms with E-state index < -0.39 is 5.79 Å². The van der Waals surface area contributed by atoms with Crippen LogP contribution >= 0.6 is 0 Å². The minimum absolute atomic E-state index is 0.378. The fourth-order valence-corrected chi connectivity index (χ4v) is 3.74. The van der Waals surface area contributed by atoms with Gasteiger partial charge in [0.25, 0.3) is 0 Å². The molecular weight excluding hydrogens is 236 g/mol. The highest BCUT2D eigenvalue weighted by Gasteiger charge is 2.36. The molecule has 0 radical (unpaired) electrons. The Morgan fingerprint density at radius 3 is 1.89 bits per heavy atom. The van der Waals surface area contributed by atoms with Crippen molar-refractivity contribution < 1.29 is 9.84 Å². The summed E-state index contributed by atoms with van der Waals surface area (Å²) in [6.45, 7) is 0.757. The van der Waals surface area contributed by atoms with Gasteiger partial charge in [0.1, 0.15) is 0 Å². The molecule has 0 spiro atoms. The minimum atomic E-state index is -0.811. The summed E-state index contributed by atoms with van der Waals surface area (Å²) in [5.41, 5.74) is 0. The number of hydrogen-bond donors (Lipinski definition) is 1. The molecule has 1 unspecified atom stereocenters. The van der Waals surface area contributed by atoms with Crippen molar-refractivity contribution in [3.05, 3.63) is 0 Å². The van der Waals surface area contributed by atoms with Crippen LogP contribution in [0.15, 0.2) is 0 Å². The van der Waals surface area contributed by atoms with Gasteiger partial charge in [-0.1, -0.05) is 57.8 Å². The molecule has 2 rings (SSSR count). The Morgan fingerprint density at radius 1 is 0.684 bits per heavy atom. The Bertz CT molecular complexity index is 219. The summed E-state index contributed by atoms with van der Waals surface area (Å²) in [7, 11) is 0. The summed E-state index contributed by atoms with van der Waals surface area (Å²) in [5.74, 6) is -0.432. The lowest BCUT2D eigenvalue weighted by atomic mass is 9.85. The summed E-state index contributed by atoms with van der Waals surface area (Å²) >= 11 is 0. The smallest absolute Gasteiger partial charge is 0.168 e. The van der Waals surface area contributed by atoms with E-state index in [0.717, 1.165) is 38.7 Å². The quantitative estimate of drug-likeness (QED) is 0.740. The SMILES string of the molecule is OC1(C2CCCCCCCC2)CCCCCCCO1. The van der Waals surface area contributed by atoms with Crippen LogP contribution in [0.5, 0.6) is 0 Å². The van der Waals surface area contributed by atoms with E-state index >= 15 is 0 Å². The molecule has 1 N–H and O–H groups in total. The van der Waals surface area contributed by atoms with E-state index in [1.165, 1.54) is 57.8 Å². The Kier molecular flexibility index (Phi) is 6.66. The highest BCUT2D eigenvalue weighted by Crippen LogP contribution is 2.36. The Morgan fingerprint density at radius 2 is 1.21 bits per heavy atom. The average Bonchev–Trinajstić information content (AvgIpc) is 2.61. The van der Waals surface area contributed by atoms with Gasteiger partial charge in [-0.2, -0.15) is 0 Å². The van der Waals surface area contributed by atoms with E-state index in [2.05, 4.69) is 0 Å². The molecule has 1 aliphatic carbocycles. The molecule has 1 saturated carbocycles. The van der Waals surface area contributed by atoms with Gasteiger partial charge < -0.3 is 9.84 Å². The van der Waals surface area contributed by atoms with Crippen LogP contribution in [0.3, 0.4) is 0 Å². The Hall–Kier alpha value is -0.0800. The monoisotopic (exact) mass is 268 g/mol. The van der Waals surface area contributed by atoms with Crippen molar-refractivity contribution in [3.63, 3.8) is 0 Å². The van der Waals surface area contributed by atoms with Gasteiger partial charge in [0.05, 0.1) is 6.61 Å². The maximum atomic E-state index is 11.0. The first-order valence-corrected chi connectivity index (χ1v) is 8.68. The third kappa shape index (κ3) is 5.07. The van der Waals surface area contributed by atoms with Crippen LogP contribution in [0, 0.1) is 5.92 Å². The second-order valence-corrected chi connectivity index (χ2v) is 6.61. The fourth-order valence-electron chi connectivity index (χ4n) is 3.74. The molecule has 19 heavy (non-hydrogen) atoms. The predicted octanol–water partition coefficient (Wildman–Crippen LogP) is 4.80. The summed E-state index contributed by atoms with van der Waals surface area (Å²) in [6, 6.07) is 0. The number of hydrogen-bond acceptors (Lipinski definition) is 2. The predicted molar refractivity (Wildman–Crippen MR) is 79.0 cm³/mol. The van der Waals surface area contributed by atoms with Crippen LogP contribution in [0.1, 0.15) is 89.9 Å². The molecule has 1 saturated heterocycles. The Labute approximate surface area is 118 Å². The van der Waals surface area contributed by atoms with Crippen LogP contribution < -0.4 is 0 Å². The van der Waals surface area contributed by atoms with Gasteiger partial charge in [0.2, 0.25) is 0 Å². The maximum absolute atomic E-state index is 11.0. The molecule has 0 aromatic carbocycles. The number of aliphatic hydroxyl groups is 1. The number of ether oxygens (including phenoxy) is 1. The molecule has 2 heteroatoms. The molecule has 112 valence electrons. The molecule has 1 heterocycles. The van der Waals surface area contributed by atoms with Crippen molar-refractivity contribution in [2.75, 3.05) is 6.61 Å². The largest absolute Gasteiger partial charge is 0.365 e. The normalized spacial score (nSPS) is 33.3. The lowest BCUT2D eigenvalue weighted by Gasteiger charge is -2.36. The van der Waals surface area contributed by atoms with E-state index in [4.69, 9.17) is 4.74 Å². The third-order valence-corrected chi connectivity index (χ3v) is 5.02. The zero-order valence-electron chi connectivity index (χ0n) is 12.5. The zero-order valence-corrected chi connectivity index (χ0v) is 12.5. The van der Waals surface area contributed by atoms with Gasteiger partial charge in [-0.3, -0.25) is 0 Å². The average molecular weight is 268 g/mol. The highest BCUT2D eigenvalue weighted by molar-refractivity contribution is 4.80.